The van der Waals surface area contributed by atoms with E-state index in [-0.39, 0.29) is 0 Å². The number of para-hydroxylation sites is 1. The summed E-state index contributed by atoms with van der Waals surface area (Å²) in [7, 11) is 3.71. The first-order valence-electron chi connectivity index (χ1n) is 7.12. The minimum absolute atomic E-state index is 0.842. The van der Waals surface area contributed by atoms with Crippen LogP contribution in [0.2, 0.25) is 0 Å². The molecule has 4 heteroatoms. The number of aryl methyl sites for hydroxylation is 1. The molecule has 0 fully saturated rings. The topological polar surface area (TPSA) is 39.9 Å². The van der Waals surface area contributed by atoms with E-state index in [4.69, 9.17) is 9.72 Å². The van der Waals surface area contributed by atoms with Gasteiger partial charge in [-0.05, 0) is 30.3 Å². The van der Waals surface area contributed by atoms with E-state index in [1.54, 1.807) is 7.11 Å². The van der Waals surface area contributed by atoms with Gasteiger partial charge in [-0.2, -0.15) is 0 Å². The molecule has 0 spiro atoms. The zero-order chi connectivity index (χ0) is 15.1. The molecule has 0 bridgehead atoms. The number of pyridine rings is 1. The molecule has 22 heavy (non-hydrogen) atoms. The van der Waals surface area contributed by atoms with Crippen molar-refractivity contribution in [3.63, 3.8) is 0 Å². The summed E-state index contributed by atoms with van der Waals surface area (Å²) in [5.41, 5.74) is 4.06. The normalized spacial score (nSPS) is 11.2. The largest absolute Gasteiger partial charge is 0.497 e. The number of fused-ring (bicyclic) bond motifs is 3. The Kier molecular flexibility index (Phi) is 2.82. The fraction of sp³-hybridized carbons (Fsp3) is 0.111. The third-order valence-electron chi connectivity index (χ3n) is 3.96. The van der Waals surface area contributed by atoms with Crippen LogP contribution in [-0.2, 0) is 7.05 Å². The molecule has 0 saturated heterocycles. The van der Waals surface area contributed by atoms with Gasteiger partial charge in [0.15, 0.2) is 0 Å². The van der Waals surface area contributed by atoms with Crippen molar-refractivity contribution in [2.45, 2.75) is 0 Å². The number of ether oxygens (including phenoxy) is 1. The van der Waals surface area contributed by atoms with Crippen LogP contribution < -0.4 is 4.74 Å². The van der Waals surface area contributed by atoms with Crippen LogP contribution in [0.1, 0.15) is 0 Å². The highest BCUT2D eigenvalue weighted by Crippen LogP contribution is 2.29. The molecule has 0 unspecified atom stereocenters. The molecular formula is C18H15N3O. The summed E-state index contributed by atoms with van der Waals surface area (Å²) >= 11 is 0. The molecule has 4 rings (SSSR count). The van der Waals surface area contributed by atoms with E-state index in [0.717, 1.165) is 39.1 Å². The molecule has 2 aromatic carbocycles. The lowest BCUT2D eigenvalue weighted by Crippen LogP contribution is -1.93. The van der Waals surface area contributed by atoms with Gasteiger partial charge in [0, 0.05) is 18.0 Å². The first-order valence-corrected chi connectivity index (χ1v) is 7.12. The van der Waals surface area contributed by atoms with Crippen LogP contribution >= 0.6 is 0 Å². The summed E-state index contributed by atoms with van der Waals surface area (Å²) in [5.74, 6) is 1.77. The highest BCUT2D eigenvalue weighted by atomic mass is 16.5. The lowest BCUT2D eigenvalue weighted by Gasteiger charge is -2.05. The van der Waals surface area contributed by atoms with Gasteiger partial charge < -0.3 is 9.30 Å². The van der Waals surface area contributed by atoms with Crippen molar-refractivity contribution in [3.05, 3.63) is 54.7 Å². The monoisotopic (exact) mass is 289 g/mol. The SMILES string of the molecule is COc1ccc(-c2nc3cnc4ccccc4c3n2C)cc1. The fourth-order valence-corrected chi connectivity index (χ4v) is 2.84. The maximum absolute atomic E-state index is 5.21. The second-order valence-corrected chi connectivity index (χ2v) is 5.23. The Bertz CT molecular complexity index is 971. The van der Waals surface area contributed by atoms with Gasteiger partial charge in [-0.1, -0.05) is 18.2 Å². The maximum atomic E-state index is 5.21. The molecule has 0 N–H and O–H groups in total. The van der Waals surface area contributed by atoms with Crippen LogP contribution in [-0.4, -0.2) is 21.6 Å². The van der Waals surface area contributed by atoms with Crippen LogP contribution in [0.25, 0.3) is 33.3 Å². The quantitative estimate of drug-likeness (QED) is 0.563. The Labute approximate surface area is 128 Å². The summed E-state index contributed by atoms with van der Waals surface area (Å²) in [4.78, 5) is 9.24. The molecule has 2 aromatic heterocycles. The van der Waals surface area contributed by atoms with Crippen LogP contribution in [0.5, 0.6) is 5.75 Å². The van der Waals surface area contributed by atoms with E-state index < -0.39 is 0 Å². The van der Waals surface area contributed by atoms with Gasteiger partial charge >= 0.3 is 0 Å². The van der Waals surface area contributed by atoms with E-state index in [2.05, 4.69) is 15.6 Å². The standard InChI is InChI=1S/C18H15N3O/c1-21-17-14-5-3-4-6-15(14)19-11-16(17)20-18(21)12-7-9-13(22-2)10-8-12/h3-11H,1-2H3. The summed E-state index contributed by atoms with van der Waals surface area (Å²) in [5, 5.41) is 1.12. The zero-order valence-electron chi connectivity index (χ0n) is 12.4. The van der Waals surface area contributed by atoms with Gasteiger partial charge in [-0.15, -0.1) is 0 Å². The van der Waals surface area contributed by atoms with Gasteiger partial charge in [0.25, 0.3) is 0 Å². The number of rotatable bonds is 2. The Morgan fingerprint density at radius 2 is 1.73 bits per heavy atom. The minimum atomic E-state index is 0.842. The molecule has 0 radical (unpaired) electrons. The number of methoxy groups -OCH3 is 1. The smallest absolute Gasteiger partial charge is 0.140 e. The number of aromatic nitrogens is 3. The average molecular weight is 289 g/mol. The van der Waals surface area contributed by atoms with Crippen molar-refractivity contribution in [2.24, 2.45) is 7.05 Å². The molecule has 2 heterocycles. The van der Waals surface area contributed by atoms with Gasteiger partial charge in [0.2, 0.25) is 0 Å². The first-order chi connectivity index (χ1) is 10.8. The molecule has 0 aliphatic rings. The molecular weight excluding hydrogens is 274 g/mol. The molecule has 0 amide bonds. The Morgan fingerprint density at radius 3 is 2.50 bits per heavy atom. The lowest BCUT2D eigenvalue weighted by atomic mass is 10.2. The van der Waals surface area contributed by atoms with E-state index in [0.29, 0.717) is 0 Å². The summed E-state index contributed by atoms with van der Waals surface area (Å²) in [6.07, 6.45) is 1.84. The maximum Gasteiger partial charge on any atom is 0.140 e. The van der Waals surface area contributed by atoms with E-state index >= 15 is 0 Å². The number of hydrogen-bond donors (Lipinski definition) is 0. The van der Waals surface area contributed by atoms with Crippen molar-refractivity contribution in [3.8, 4) is 17.1 Å². The Balaban J connectivity index is 1.98. The van der Waals surface area contributed by atoms with Gasteiger partial charge in [-0.25, -0.2) is 4.98 Å². The van der Waals surface area contributed by atoms with Crippen molar-refractivity contribution in [1.82, 2.24) is 14.5 Å². The van der Waals surface area contributed by atoms with E-state index in [1.807, 2.05) is 55.7 Å². The van der Waals surface area contributed by atoms with Gasteiger partial charge in [0.05, 0.1) is 24.3 Å². The summed E-state index contributed by atoms with van der Waals surface area (Å²) < 4.78 is 7.34. The second kappa shape index (κ2) is 4.84. The van der Waals surface area contributed by atoms with Gasteiger partial charge in [0.1, 0.15) is 17.1 Å². The van der Waals surface area contributed by atoms with Crippen molar-refractivity contribution in [2.75, 3.05) is 7.11 Å². The van der Waals surface area contributed by atoms with Crippen LogP contribution in [0, 0.1) is 0 Å². The lowest BCUT2D eigenvalue weighted by molar-refractivity contribution is 0.415. The molecule has 0 aliphatic heterocycles. The number of benzene rings is 2. The average Bonchev–Trinajstić information content (AvgIpc) is 2.92. The zero-order valence-corrected chi connectivity index (χ0v) is 12.4. The van der Waals surface area contributed by atoms with E-state index in [1.165, 1.54) is 0 Å². The summed E-state index contributed by atoms with van der Waals surface area (Å²) in [6.45, 7) is 0. The van der Waals surface area contributed by atoms with Crippen LogP contribution in [0.3, 0.4) is 0 Å². The molecule has 4 aromatic rings. The third-order valence-corrected chi connectivity index (χ3v) is 3.96. The Morgan fingerprint density at radius 1 is 0.955 bits per heavy atom. The highest BCUT2D eigenvalue weighted by Gasteiger charge is 2.13. The molecule has 108 valence electrons. The number of hydrogen-bond acceptors (Lipinski definition) is 3. The minimum Gasteiger partial charge on any atom is -0.497 e. The second-order valence-electron chi connectivity index (χ2n) is 5.23. The predicted molar refractivity (Wildman–Crippen MR) is 88.0 cm³/mol. The van der Waals surface area contributed by atoms with Crippen LogP contribution in [0.4, 0.5) is 0 Å². The van der Waals surface area contributed by atoms with Crippen LogP contribution in [0.15, 0.2) is 54.7 Å². The molecule has 0 aliphatic carbocycles. The van der Waals surface area contributed by atoms with E-state index in [9.17, 15) is 0 Å². The highest BCUT2D eigenvalue weighted by molar-refractivity contribution is 6.03. The first kappa shape index (κ1) is 12.8. The predicted octanol–water partition coefficient (Wildman–Crippen LogP) is 3.80. The molecule has 4 nitrogen and oxygen atoms in total. The number of imidazole rings is 1. The van der Waals surface area contributed by atoms with Gasteiger partial charge in [-0.3, -0.25) is 4.98 Å². The number of nitrogens with zero attached hydrogens (tertiary/aromatic N) is 3. The molecule has 0 saturated carbocycles. The van der Waals surface area contributed by atoms with Crippen molar-refractivity contribution < 1.29 is 4.74 Å². The Hall–Kier alpha value is -2.88. The fourth-order valence-electron chi connectivity index (χ4n) is 2.84. The summed E-state index contributed by atoms with van der Waals surface area (Å²) in [6, 6.07) is 16.1. The third kappa shape index (κ3) is 1.84. The van der Waals surface area contributed by atoms with Crippen molar-refractivity contribution in [1.29, 1.82) is 0 Å². The molecule has 0 atom stereocenters. The van der Waals surface area contributed by atoms with Crippen molar-refractivity contribution >= 4 is 21.9 Å².